The number of carbonyl (C=O) groups is 2. The van der Waals surface area contributed by atoms with Gasteiger partial charge in [-0.15, -0.1) is 0 Å². The van der Waals surface area contributed by atoms with Crippen molar-refractivity contribution >= 4 is 23.5 Å². The van der Waals surface area contributed by atoms with E-state index in [0.717, 1.165) is 5.56 Å². The molecule has 2 aromatic carbocycles. The molecule has 1 atom stereocenters. The Balaban J connectivity index is 1.73. The second kappa shape index (κ2) is 7.40. The first kappa shape index (κ1) is 17.0. The number of hydrogen-bond donors (Lipinski definition) is 1. The highest BCUT2D eigenvalue weighted by molar-refractivity contribution is 6.32. The smallest absolute Gasteiger partial charge is 0.326 e. The van der Waals surface area contributed by atoms with Gasteiger partial charge in [0.05, 0.1) is 11.6 Å². The number of para-hydroxylation sites is 1. The van der Waals surface area contributed by atoms with Crippen LogP contribution in [0.3, 0.4) is 0 Å². The number of benzene rings is 2. The van der Waals surface area contributed by atoms with Gasteiger partial charge in [-0.3, -0.25) is 4.79 Å². The SMILES string of the molecule is O=C(O)[C@H](Cc1ccccc1)N1CC(Oc2ccccc2Cl)=CC1=O. The van der Waals surface area contributed by atoms with Crippen molar-refractivity contribution in [3.05, 3.63) is 77.0 Å². The highest BCUT2D eigenvalue weighted by atomic mass is 35.5. The van der Waals surface area contributed by atoms with Gasteiger partial charge >= 0.3 is 5.97 Å². The Kier molecular flexibility index (Phi) is 5.05. The molecule has 0 saturated heterocycles. The number of nitrogens with zero attached hydrogens (tertiary/aromatic N) is 1. The van der Waals surface area contributed by atoms with Crippen LogP contribution in [0.15, 0.2) is 66.4 Å². The predicted octanol–water partition coefficient (Wildman–Crippen LogP) is 3.14. The summed E-state index contributed by atoms with van der Waals surface area (Å²) in [6.45, 7) is 0.0911. The molecule has 1 amide bonds. The fourth-order valence-corrected chi connectivity index (χ4v) is 2.85. The molecule has 0 fully saturated rings. The number of carbonyl (C=O) groups excluding carboxylic acids is 1. The van der Waals surface area contributed by atoms with Crippen molar-refractivity contribution in [2.45, 2.75) is 12.5 Å². The lowest BCUT2D eigenvalue weighted by Crippen LogP contribution is -2.44. The zero-order valence-electron chi connectivity index (χ0n) is 13.3. The molecule has 128 valence electrons. The monoisotopic (exact) mass is 357 g/mol. The van der Waals surface area contributed by atoms with E-state index in [1.165, 1.54) is 11.0 Å². The highest BCUT2D eigenvalue weighted by Gasteiger charge is 2.34. The fourth-order valence-electron chi connectivity index (χ4n) is 2.67. The van der Waals surface area contributed by atoms with Gasteiger partial charge in [0.15, 0.2) is 0 Å². The summed E-state index contributed by atoms with van der Waals surface area (Å²) in [4.78, 5) is 25.2. The van der Waals surface area contributed by atoms with Gasteiger partial charge in [-0.25, -0.2) is 4.79 Å². The Hall–Kier alpha value is -2.79. The summed E-state index contributed by atoms with van der Waals surface area (Å²) < 4.78 is 5.66. The van der Waals surface area contributed by atoms with Crippen molar-refractivity contribution in [2.24, 2.45) is 0 Å². The molecule has 6 heteroatoms. The number of carboxylic acid groups (broad SMARTS) is 1. The van der Waals surface area contributed by atoms with E-state index < -0.39 is 12.0 Å². The molecule has 0 spiro atoms. The second-order valence-electron chi connectivity index (χ2n) is 5.65. The average molecular weight is 358 g/mol. The van der Waals surface area contributed by atoms with Crippen LogP contribution < -0.4 is 4.74 Å². The number of amides is 1. The van der Waals surface area contributed by atoms with Crippen molar-refractivity contribution in [1.29, 1.82) is 0 Å². The van der Waals surface area contributed by atoms with Crippen LogP contribution in [0.4, 0.5) is 0 Å². The first-order valence-corrected chi connectivity index (χ1v) is 8.12. The molecule has 0 aliphatic carbocycles. The van der Waals surface area contributed by atoms with Gasteiger partial charge in [0.2, 0.25) is 0 Å². The summed E-state index contributed by atoms with van der Waals surface area (Å²) in [5.41, 5.74) is 0.850. The zero-order valence-corrected chi connectivity index (χ0v) is 14.0. The van der Waals surface area contributed by atoms with Gasteiger partial charge in [-0.2, -0.15) is 0 Å². The highest BCUT2D eigenvalue weighted by Crippen LogP contribution is 2.27. The summed E-state index contributed by atoms with van der Waals surface area (Å²) in [7, 11) is 0. The van der Waals surface area contributed by atoms with Crippen LogP contribution in [0.5, 0.6) is 5.75 Å². The third kappa shape index (κ3) is 4.00. The van der Waals surface area contributed by atoms with Crippen LogP contribution in [0.2, 0.25) is 5.02 Å². The van der Waals surface area contributed by atoms with Gasteiger partial charge in [0.1, 0.15) is 17.6 Å². The maximum atomic E-state index is 12.3. The van der Waals surface area contributed by atoms with E-state index in [2.05, 4.69) is 0 Å². The first-order chi connectivity index (χ1) is 12.0. The molecule has 3 rings (SSSR count). The molecule has 0 aromatic heterocycles. The van der Waals surface area contributed by atoms with E-state index in [-0.39, 0.29) is 18.9 Å². The van der Waals surface area contributed by atoms with Crippen LogP contribution in [0.1, 0.15) is 5.56 Å². The molecule has 1 N–H and O–H groups in total. The van der Waals surface area contributed by atoms with Crippen molar-refractivity contribution in [2.75, 3.05) is 6.54 Å². The number of rotatable bonds is 6. The largest absolute Gasteiger partial charge is 0.480 e. The van der Waals surface area contributed by atoms with Gasteiger partial charge in [0, 0.05) is 12.5 Å². The summed E-state index contributed by atoms with van der Waals surface area (Å²) in [5.74, 6) is -0.632. The number of carboxylic acids is 1. The van der Waals surface area contributed by atoms with Gasteiger partial charge in [-0.1, -0.05) is 54.1 Å². The van der Waals surface area contributed by atoms with Crippen LogP contribution in [-0.2, 0) is 16.0 Å². The van der Waals surface area contributed by atoms with E-state index in [1.54, 1.807) is 24.3 Å². The maximum absolute atomic E-state index is 12.3. The van der Waals surface area contributed by atoms with Crippen LogP contribution in [-0.4, -0.2) is 34.5 Å². The number of halogens is 1. The second-order valence-corrected chi connectivity index (χ2v) is 6.06. The van der Waals surface area contributed by atoms with Gasteiger partial charge in [0.25, 0.3) is 5.91 Å². The molecule has 0 radical (unpaired) electrons. The normalized spacial score (nSPS) is 15.0. The average Bonchev–Trinajstić information content (AvgIpc) is 2.95. The van der Waals surface area contributed by atoms with Crippen LogP contribution in [0.25, 0.3) is 0 Å². The molecule has 2 aromatic rings. The summed E-state index contributed by atoms with van der Waals surface area (Å²) >= 11 is 6.05. The zero-order chi connectivity index (χ0) is 17.8. The lowest BCUT2D eigenvalue weighted by molar-refractivity contribution is -0.147. The minimum Gasteiger partial charge on any atom is -0.480 e. The summed E-state index contributed by atoms with van der Waals surface area (Å²) in [5, 5.41) is 9.98. The minimum atomic E-state index is -1.05. The molecular formula is C19H16ClNO4. The molecule has 0 unspecified atom stereocenters. The third-order valence-electron chi connectivity index (χ3n) is 3.90. The molecule has 1 aliphatic heterocycles. The topological polar surface area (TPSA) is 66.8 Å². The minimum absolute atomic E-state index is 0.0911. The lowest BCUT2D eigenvalue weighted by Gasteiger charge is -2.24. The number of hydrogen-bond acceptors (Lipinski definition) is 3. The van der Waals surface area contributed by atoms with Crippen molar-refractivity contribution < 1.29 is 19.4 Å². The van der Waals surface area contributed by atoms with E-state index >= 15 is 0 Å². The number of aliphatic carboxylic acids is 1. The summed E-state index contributed by atoms with van der Waals surface area (Å²) in [6, 6.07) is 15.2. The van der Waals surface area contributed by atoms with E-state index in [4.69, 9.17) is 16.3 Å². The van der Waals surface area contributed by atoms with Gasteiger partial charge in [-0.05, 0) is 17.7 Å². The Morgan fingerprint density at radius 1 is 1.16 bits per heavy atom. The van der Waals surface area contributed by atoms with Gasteiger partial charge < -0.3 is 14.7 Å². The molecule has 5 nitrogen and oxygen atoms in total. The summed E-state index contributed by atoms with van der Waals surface area (Å²) in [6.07, 6.45) is 1.54. The quantitative estimate of drug-likeness (QED) is 0.862. The standard InChI is InChI=1S/C19H16ClNO4/c20-15-8-4-5-9-17(15)25-14-11-18(22)21(12-14)16(19(23)24)10-13-6-2-1-3-7-13/h1-9,11,16H,10,12H2,(H,23,24)/t16-/m0/s1. The third-order valence-corrected chi connectivity index (χ3v) is 4.22. The van der Waals surface area contributed by atoms with E-state index in [9.17, 15) is 14.7 Å². The molecule has 25 heavy (non-hydrogen) atoms. The first-order valence-electron chi connectivity index (χ1n) is 7.75. The Labute approximate surface area is 150 Å². The van der Waals surface area contributed by atoms with E-state index in [1.807, 2.05) is 30.3 Å². The van der Waals surface area contributed by atoms with Crippen LogP contribution >= 0.6 is 11.6 Å². The molecule has 1 aliphatic rings. The molecule has 0 bridgehead atoms. The lowest BCUT2D eigenvalue weighted by atomic mass is 10.0. The van der Waals surface area contributed by atoms with Crippen molar-refractivity contribution in [3.8, 4) is 5.75 Å². The van der Waals surface area contributed by atoms with Crippen molar-refractivity contribution in [1.82, 2.24) is 4.90 Å². The molecule has 1 heterocycles. The van der Waals surface area contributed by atoms with Crippen molar-refractivity contribution in [3.63, 3.8) is 0 Å². The molecular weight excluding hydrogens is 342 g/mol. The van der Waals surface area contributed by atoms with Crippen LogP contribution in [0, 0.1) is 0 Å². The predicted molar refractivity (Wildman–Crippen MR) is 93.4 cm³/mol. The molecule has 0 saturated carbocycles. The Bertz CT molecular complexity index is 819. The Morgan fingerprint density at radius 3 is 2.52 bits per heavy atom. The van der Waals surface area contributed by atoms with E-state index in [0.29, 0.717) is 16.5 Å². The Morgan fingerprint density at radius 2 is 1.84 bits per heavy atom. The number of ether oxygens (including phenoxy) is 1. The fraction of sp³-hybridized carbons (Fsp3) is 0.158. The maximum Gasteiger partial charge on any atom is 0.326 e.